The molecule has 0 radical (unpaired) electrons. The molecule has 1 aromatic rings. The van der Waals surface area contributed by atoms with E-state index in [0.29, 0.717) is 11.6 Å². The zero-order chi connectivity index (χ0) is 16.4. The monoisotopic (exact) mass is 334 g/mol. The summed E-state index contributed by atoms with van der Waals surface area (Å²) in [5.41, 5.74) is 0.912. The summed E-state index contributed by atoms with van der Waals surface area (Å²) in [7, 11) is 0. The molecule has 0 aromatic heterocycles. The molecule has 0 spiro atoms. The zero-order valence-corrected chi connectivity index (χ0v) is 13.5. The SMILES string of the molecule is O=C(CN1C(=O)[C@H]2CCCC[C@@H]2C1=O)NCc1ccc(Cl)cc1. The summed E-state index contributed by atoms with van der Waals surface area (Å²) in [6.45, 7) is 0.164. The molecule has 23 heavy (non-hydrogen) atoms. The number of benzene rings is 1. The van der Waals surface area contributed by atoms with Crippen LogP contribution in [0, 0.1) is 11.8 Å². The number of amides is 3. The predicted octanol–water partition coefficient (Wildman–Crippen LogP) is 2.13. The Morgan fingerprint density at radius 2 is 1.65 bits per heavy atom. The summed E-state index contributed by atoms with van der Waals surface area (Å²) in [4.78, 5) is 37.8. The molecule has 2 fully saturated rings. The molecule has 1 aromatic carbocycles. The van der Waals surface area contributed by atoms with Crippen molar-refractivity contribution in [1.29, 1.82) is 0 Å². The van der Waals surface area contributed by atoms with E-state index < -0.39 is 0 Å². The van der Waals surface area contributed by atoms with Gasteiger partial charge in [-0.3, -0.25) is 19.3 Å². The number of carbonyl (C=O) groups is 3. The van der Waals surface area contributed by atoms with E-state index in [1.54, 1.807) is 12.1 Å². The third-order valence-electron chi connectivity index (χ3n) is 4.64. The number of fused-ring (bicyclic) bond motifs is 1. The highest BCUT2D eigenvalue weighted by Crippen LogP contribution is 2.37. The van der Waals surface area contributed by atoms with Gasteiger partial charge in [-0.25, -0.2) is 0 Å². The lowest BCUT2D eigenvalue weighted by Crippen LogP contribution is -2.40. The lowest BCUT2D eigenvalue weighted by Gasteiger charge is -2.19. The number of likely N-dealkylation sites (tertiary alicyclic amines) is 1. The summed E-state index contributed by atoms with van der Waals surface area (Å²) in [6.07, 6.45) is 3.49. The van der Waals surface area contributed by atoms with Gasteiger partial charge < -0.3 is 5.32 Å². The summed E-state index contributed by atoms with van der Waals surface area (Å²) in [5, 5.41) is 3.37. The standard InChI is InChI=1S/C17H19ClN2O3/c18-12-7-5-11(6-8-12)9-19-15(21)10-20-16(22)13-3-1-2-4-14(13)17(20)23/h5-8,13-14H,1-4,9-10H2,(H,19,21)/t13-,14-/m0/s1. The van der Waals surface area contributed by atoms with Gasteiger partial charge >= 0.3 is 0 Å². The normalized spacial score (nSPS) is 23.8. The maximum atomic E-state index is 12.3. The van der Waals surface area contributed by atoms with Crippen LogP contribution in [0.15, 0.2) is 24.3 Å². The van der Waals surface area contributed by atoms with Crippen LogP contribution in [-0.2, 0) is 20.9 Å². The fourth-order valence-electron chi connectivity index (χ4n) is 3.39. The second-order valence-electron chi connectivity index (χ2n) is 6.16. The number of rotatable bonds is 4. The molecule has 3 amide bonds. The molecule has 1 aliphatic heterocycles. The average molecular weight is 335 g/mol. The number of halogens is 1. The molecule has 6 heteroatoms. The van der Waals surface area contributed by atoms with Crippen molar-refractivity contribution in [2.24, 2.45) is 11.8 Å². The Balaban J connectivity index is 1.56. The summed E-state index contributed by atoms with van der Waals surface area (Å²) >= 11 is 5.81. The Hall–Kier alpha value is -1.88. The summed E-state index contributed by atoms with van der Waals surface area (Å²) in [5.74, 6) is -1.09. The number of nitrogens with one attached hydrogen (secondary N) is 1. The first-order valence-electron chi connectivity index (χ1n) is 7.92. The largest absolute Gasteiger partial charge is 0.350 e. The molecule has 122 valence electrons. The van der Waals surface area contributed by atoms with Gasteiger partial charge in [-0.2, -0.15) is 0 Å². The molecule has 0 unspecified atom stereocenters. The van der Waals surface area contributed by atoms with Crippen molar-refractivity contribution in [2.75, 3.05) is 6.54 Å². The Bertz CT molecular complexity index is 605. The van der Waals surface area contributed by atoms with E-state index in [1.807, 2.05) is 12.1 Å². The van der Waals surface area contributed by atoms with Gasteiger partial charge in [0.05, 0.1) is 11.8 Å². The molecule has 5 nitrogen and oxygen atoms in total. The molecule has 1 aliphatic carbocycles. The molecule has 1 N–H and O–H groups in total. The molecular formula is C17H19ClN2O3. The van der Waals surface area contributed by atoms with Gasteiger partial charge in [0.1, 0.15) is 6.54 Å². The highest BCUT2D eigenvalue weighted by molar-refractivity contribution is 6.30. The predicted molar refractivity (Wildman–Crippen MR) is 85.5 cm³/mol. The summed E-state index contributed by atoms with van der Waals surface area (Å²) in [6, 6.07) is 7.15. The molecular weight excluding hydrogens is 316 g/mol. The molecule has 1 saturated carbocycles. The van der Waals surface area contributed by atoms with Crippen LogP contribution in [0.2, 0.25) is 5.02 Å². The highest BCUT2D eigenvalue weighted by Gasteiger charge is 2.48. The van der Waals surface area contributed by atoms with Gasteiger partial charge in [0, 0.05) is 11.6 Å². The smallest absolute Gasteiger partial charge is 0.240 e. The van der Waals surface area contributed by atoms with Crippen LogP contribution in [0.3, 0.4) is 0 Å². The first-order chi connectivity index (χ1) is 11.1. The van der Waals surface area contributed by atoms with Gasteiger partial charge in [0.25, 0.3) is 0 Å². The van der Waals surface area contributed by atoms with E-state index >= 15 is 0 Å². The molecule has 1 heterocycles. The Labute approximate surface area is 140 Å². The van der Waals surface area contributed by atoms with Crippen LogP contribution >= 0.6 is 11.6 Å². The van der Waals surface area contributed by atoms with Crippen molar-refractivity contribution in [2.45, 2.75) is 32.2 Å². The summed E-state index contributed by atoms with van der Waals surface area (Å²) < 4.78 is 0. The van der Waals surface area contributed by atoms with Crippen LogP contribution in [-0.4, -0.2) is 29.2 Å². The molecule has 0 bridgehead atoms. The maximum Gasteiger partial charge on any atom is 0.240 e. The first kappa shape index (κ1) is 16.0. The van der Waals surface area contributed by atoms with Crippen molar-refractivity contribution >= 4 is 29.3 Å². The van der Waals surface area contributed by atoms with E-state index in [4.69, 9.17) is 11.6 Å². The quantitative estimate of drug-likeness (QED) is 0.858. The maximum absolute atomic E-state index is 12.3. The van der Waals surface area contributed by atoms with E-state index in [0.717, 1.165) is 36.1 Å². The van der Waals surface area contributed by atoms with Crippen LogP contribution in [0.5, 0.6) is 0 Å². The molecule has 1 saturated heterocycles. The zero-order valence-electron chi connectivity index (χ0n) is 12.8. The van der Waals surface area contributed by atoms with E-state index in [2.05, 4.69) is 5.32 Å². The van der Waals surface area contributed by atoms with Crippen molar-refractivity contribution in [3.63, 3.8) is 0 Å². The fourth-order valence-corrected chi connectivity index (χ4v) is 3.52. The highest BCUT2D eigenvalue weighted by atomic mass is 35.5. The minimum atomic E-state index is -0.319. The van der Waals surface area contributed by atoms with Gasteiger partial charge in [0.2, 0.25) is 17.7 Å². The topological polar surface area (TPSA) is 66.5 Å². The lowest BCUT2D eigenvalue weighted by atomic mass is 9.81. The van der Waals surface area contributed by atoms with Crippen LogP contribution in [0.1, 0.15) is 31.2 Å². The number of hydrogen-bond donors (Lipinski definition) is 1. The Kier molecular flexibility index (Phi) is 4.66. The Morgan fingerprint density at radius 1 is 1.09 bits per heavy atom. The second kappa shape index (κ2) is 6.71. The van der Waals surface area contributed by atoms with Crippen molar-refractivity contribution in [3.8, 4) is 0 Å². The fraction of sp³-hybridized carbons (Fsp3) is 0.471. The number of nitrogens with zero attached hydrogens (tertiary/aromatic N) is 1. The molecule has 2 atom stereocenters. The van der Waals surface area contributed by atoms with Crippen molar-refractivity contribution in [1.82, 2.24) is 10.2 Å². The lowest BCUT2D eigenvalue weighted by molar-refractivity contribution is -0.143. The van der Waals surface area contributed by atoms with Crippen LogP contribution in [0.25, 0.3) is 0 Å². The second-order valence-corrected chi connectivity index (χ2v) is 6.60. The minimum absolute atomic E-state index is 0.179. The van der Waals surface area contributed by atoms with E-state index in [-0.39, 0.29) is 36.1 Å². The van der Waals surface area contributed by atoms with Gasteiger partial charge in [0.15, 0.2) is 0 Å². The minimum Gasteiger partial charge on any atom is -0.350 e. The number of hydrogen-bond acceptors (Lipinski definition) is 3. The van der Waals surface area contributed by atoms with E-state index in [9.17, 15) is 14.4 Å². The van der Waals surface area contributed by atoms with Gasteiger partial charge in [-0.05, 0) is 30.5 Å². The average Bonchev–Trinajstić information content (AvgIpc) is 2.80. The van der Waals surface area contributed by atoms with Crippen molar-refractivity contribution < 1.29 is 14.4 Å². The van der Waals surface area contributed by atoms with Gasteiger partial charge in [-0.1, -0.05) is 36.6 Å². The van der Waals surface area contributed by atoms with Crippen LogP contribution < -0.4 is 5.32 Å². The number of imide groups is 1. The molecule has 2 aliphatic rings. The third-order valence-corrected chi connectivity index (χ3v) is 4.89. The number of carbonyl (C=O) groups excluding carboxylic acids is 3. The van der Waals surface area contributed by atoms with Crippen LogP contribution in [0.4, 0.5) is 0 Å². The molecule has 3 rings (SSSR count). The van der Waals surface area contributed by atoms with Gasteiger partial charge in [-0.15, -0.1) is 0 Å². The third kappa shape index (κ3) is 3.39. The first-order valence-corrected chi connectivity index (χ1v) is 8.30. The Morgan fingerprint density at radius 3 is 2.22 bits per heavy atom. The van der Waals surface area contributed by atoms with E-state index in [1.165, 1.54) is 0 Å². The van der Waals surface area contributed by atoms with Crippen molar-refractivity contribution in [3.05, 3.63) is 34.9 Å².